The summed E-state index contributed by atoms with van der Waals surface area (Å²) in [5.74, 6) is -0.211. The maximum absolute atomic E-state index is 12.0. The summed E-state index contributed by atoms with van der Waals surface area (Å²) < 4.78 is 0.732. The molecule has 0 fully saturated rings. The molecule has 2 rings (SSSR count). The topological polar surface area (TPSA) is 49.3 Å². The smallest absolute Gasteiger partial charge is 0.256 e. The molecule has 92 valence electrons. The van der Waals surface area contributed by atoms with Gasteiger partial charge in [-0.2, -0.15) is 0 Å². The zero-order valence-corrected chi connectivity index (χ0v) is 11.4. The Morgan fingerprint density at radius 1 is 1.22 bits per heavy atom. The van der Waals surface area contributed by atoms with E-state index in [1.54, 1.807) is 24.3 Å². The molecule has 4 heteroatoms. The lowest BCUT2D eigenvalue weighted by molar-refractivity contribution is 0.102. The third kappa shape index (κ3) is 2.71. The lowest BCUT2D eigenvalue weighted by atomic mass is 10.1. The molecule has 0 aliphatic rings. The number of amides is 1. The van der Waals surface area contributed by atoms with E-state index in [2.05, 4.69) is 21.2 Å². The second kappa shape index (κ2) is 5.23. The molecule has 0 bridgehead atoms. The van der Waals surface area contributed by atoms with Crippen LogP contribution >= 0.6 is 15.9 Å². The number of hydrogen-bond donors (Lipinski definition) is 2. The number of carbonyl (C=O) groups excluding carboxylic acids is 1. The van der Waals surface area contributed by atoms with Crippen LogP contribution in [0.4, 0.5) is 5.69 Å². The number of phenolic OH excluding ortho intramolecular Hbond substituents is 1. The summed E-state index contributed by atoms with van der Waals surface area (Å²) in [6, 6.07) is 12.1. The average molecular weight is 306 g/mol. The minimum atomic E-state index is -0.261. The van der Waals surface area contributed by atoms with Gasteiger partial charge in [-0.15, -0.1) is 0 Å². The maximum Gasteiger partial charge on any atom is 0.256 e. The van der Waals surface area contributed by atoms with Crippen molar-refractivity contribution >= 4 is 27.5 Å². The van der Waals surface area contributed by atoms with Crippen LogP contribution in [0.15, 0.2) is 46.9 Å². The van der Waals surface area contributed by atoms with Crippen molar-refractivity contribution < 1.29 is 9.90 Å². The number of para-hydroxylation sites is 2. The van der Waals surface area contributed by atoms with Gasteiger partial charge in [0.25, 0.3) is 5.91 Å². The van der Waals surface area contributed by atoms with Crippen LogP contribution in [0.3, 0.4) is 0 Å². The summed E-state index contributed by atoms with van der Waals surface area (Å²) in [4.78, 5) is 12.0. The SMILES string of the molecule is Cc1ccc(C(=O)Nc2ccccc2O)c(Br)c1. The Morgan fingerprint density at radius 2 is 1.94 bits per heavy atom. The molecule has 0 atom stereocenters. The predicted octanol–water partition coefficient (Wildman–Crippen LogP) is 3.72. The predicted molar refractivity (Wildman–Crippen MR) is 74.9 cm³/mol. The van der Waals surface area contributed by atoms with Crippen molar-refractivity contribution in [3.05, 3.63) is 58.1 Å². The van der Waals surface area contributed by atoms with Gasteiger partial charge >= 0.3 is 0 Å². The molecule has 0 heterocycles. The van der Waals surface area contributed by atoms with Crippen molar-refractivity contribution in [3.8, 4) is 5.75 Å². The molecule has 0 unspecified atom stereocenters. The molecule has 0 saturated heterocycles. The van der Waals surface area contributed by atoms with Crippen LogP contribution in [0.2, 0.25) is 0 Å². The molecule has 1 amide bonds. The van der Waals surface area contributed by atoms with E-state index in [0.29, 0.717) is 11.3 Å². The van der Waals surface area contributed by atoms with E-state index >= 15 is 0 Å². The Morgan fingerprint density at radius 3 is 2.61 bits per heavy atom. The number of aryl methyl sites for hydroxylation is 1. The molecule has 2 aromatic carbocycles. The third-order valence-electron chi connectivity index (χ3n) is 2.52. The summed E-state index contributed by atoms with van der Waals surface area (Å²) in [5, 5.41) is 12.3. The van der Waals surface area contributed by atoms with E-state index in [0.717, 1.165) is 10.0 Å². The zero-order valence-electron chi connectivity index (χ0n) is 9.77. The first-order valence-electron chi connectivity index (χ1n) is 5.43. The van der Waals surface area contributed by atoms with E-state index < -0.39 is 0 Å². The van der Waals surface area contributed by atoms with Crippen LogP contribution in [-0.4, -0.2) is 11.0 Å². The van der Waals surface area contributed by atoms with Crippen LogP contribution in [-0.2, 0) is 0 Å². The first-order chi connectivity index (χ1) is 8.58. The van der Waals surface area contributed by atoms with Gasteiger partial charge < -0.3 is 10.4 Å². The van der Waals surface area contributed by atoms with Gasteiger partial charge in [0.15, 0.2) is 0 Å². The number of hydrogen-bond acceptors (Lipinski definition) is 2. The molecule has 18 heavy (non-hydrogen) atoms. The molecule has 2 aromatic rings. The molecule has 0 aliphatic heterocycles. The van der Waals surface area contributed by atoms with Crippen molar-refractivity contribution in [2.24, 2.45) is 0 Å². The molecule has 0 radical (unpaired) electrons. The molecule has 0 aromatic heterocycles. The molecular formula is C14H12BrNO2. The van der Waals surface area contributed by atoms with Crippen molar-refractivity contribution in [2.45, 2.75) is 6.92 Å². The highest BCUT2D eigenvalue weighted by atomic mass is 79.9. The monoisotopic (exact) mass is 305 g/mol. The summed E-state index contributed by atoms with van der Waals surface area (Å²) in [6.45, 7) is 1.95. The minimum absolute atomic E-state index is 0.0501. The fraction of sp³-hybridized carbons (Fsp3) is 0.0714. The second-order valence-electron chi connectivity index (χ2n) is 3.95. The van der Waals surface area contributed by atoms with Gasteiger partial charge in [-0.25, -0.2) is 0 Å². The lowest BCUT2D eigenvalue weighted by Gasteiger charge is -2.08. The van der Waals surface area contributed by atoms with Crippen LogP contribution in [0.1, 0.15) is 15.9 Å². The Bertz CT molecular complexity index is 596. The zero-order chi connectivity index (χ0) is 13.1. The largest absolute Gasteiger partial charge is 0.506 e. The van der Waals surface area contributed by atoms with Gasteiger partial charge in [0.1, 0.15) is 5.75 Å². The third-order valence-corrected chi connectivity index (χ3v) is 3.18. The van der Waals surface area contributed by atoms with Crippen molar-refractivity contribution in [3.63, 3.8) is 0 Å². The van der Waals surface area contributed by atoms with Crippen LogP contribution in [0, 0.1) is 6.92 Å². The highest BCUT2D eigenvalue weighted by Crippen LogP contribution is 2.24. The molecule has 3 nitrogen and oxygen atoms in total. The highest BCUT2D eigenvalue weighted by Gasteiger charge is 2.11. The Hall–Kier alpha value is -1.81. The van der Waals surface area contributed by atoms with Crippen LogP contribution in [0.25, 0.3) is 0 Å². The number of halogens is 1. The number of benzene rings is 2. The lowest BCUT2D eigenvalue weighted by Crippen LogP contribution is -2.12. The fourth-order valence-corrected chi connectivity index (χ4v) is 2.25. The van der Waals surface area contributed by atoms with Crippen LogP contribution in [0.5, 0.6) is 5.75 Å². The molecule has 2 N–H and O–H groups in total. The fourth-order valence-electron chi connectivity index (χ4n) is 1.57. The summed E-state index contributed by atoms with van der Waals surface area (Å²) in [7, 11) is 0. The average Bonchev–Trinajstić information content (AvgIpc) is 2.32. The summed E-state index contributed by atoms with van der Waals surface area (Å²) in [6.07, 6.45) is 0. The first-order valence-corrected chi connectivity index (χ1v) is 6.23. The first kappa shape index (κ1) is 12.6. The summed E-state index contributed by atoms with van der Waals surface area (Å²) in [5.41, 5.74) is 2.00. The number of phenols is 1. The molecule has 0 saturated carbocycles. The number of rotatable bonds is 2. The van der Waals surface area contributed by atoms with Gasteiger partial charge in [-0.1, -0.05) is 18.2 Å². The Labute approximate surface area is 114 Å². The van der Waals surface area contributed by atoms with Gasteiger partial charge in [-0.3, -0.25) is 4.79 Å². The Kier molecular flexibility index (Phi) is 3.67. The van der Waals surface area contributed by atoms with Gasteiger partial charge in [0.2, 0.25) is 0 Å². The normalized spacial score (nSPS) is 10.1. The molecule has 0 aliphatic carbocycles. The number of aromatic hydroxyl groups is 1. The Balaban J connectivity index is 2.25. The number of nitrogens with one attached hydrogen (secondary N) is 1. The van der Waals surface area contributed by atoms with Gasteiger partial charge in [0.05, 0.1) is 11.3 Å². The van der Waals surface area contributed by atoms with E-state index in [-0.39, 0.29) is 11.7 Å². The minimum Gasteiger partial charge on any atom is -0.506 e. The standard InChI is InChI=1S/C14H12BrNO2/c1-9-6-7-10(11(15)8-9)14(18)16-12-4-2-3-5-13(12)17/h2-8,17H,1H3,(H,16,18). The van der Waals surface area contributed by atoms with Gasteiger partial charge in [0, 0.05) is 4.47 Å². The number of anilines is 1. The quantitative estimate of drug-likeness (QED) is 0.831. The van der Waals surface area contributed by atoms with E-state index in [9.17, 15) is 9.90 Å². The molecular weight excluding hydrogens is 294 g/mol. The second-order valence-corrected chi connectivity index (χ2v) is 4.81. The maximum atomic E-state index is 12.0. The molecule has 0 spiro atoms. The van der Waals surface area contributed by atoms with Crippen molar-refractivity contribution in [1.29, 1.82) is 0 Å². The van der Waals surface area contributed by atoms with Gasteiger partial charge in [-0.05, 0) is 52.7 Å². The van der Waals surface area contributed by atoms with E-state index in [4.69, 9.17) is 0 Å². The van der Waals surface area contributed by atoms with Crippen LogP contribution < -0.4 is 5.32 Å². The number of carbonyl (C=O) groups is 1. The van der Waals surface area contributed by atoms with E-state index in [1.807, 2.05) is 19.1 Å². The van der Waals surface area contributed by atoms with E-state index in [1.165, 1.54) is 6.07 Å². The summed E-state index contributed by atoms with van der Waals surface area (Å²) >= 11 is 3.36. The highest BCUT2D eigenvalue weighted by molar-refractivity contribution is 9.10. The van der Waals surface area contributed by atoms with Crippen molar-refractivity contribution in [2.75, 3.05) is 5.32 Å². The van der Waals surface area contributed by atoms with Crippen molar-refractivity contribution in [1.82, 2.24) is 0 Å².